The minimum Gasteiger partial charge on any atom is -0.497 e. The Morgan fingerprint density at radius 2 is 1.96 bits per heavy atom. The Morgan fingerprint density at radius 1 is 1.26 bits per heavy atom. The number of ether oxygens (including phenoxy) is 1. The van der Waals surface area contributed by atoms with E-state index < -0.39 is 0 Å². The zero-order valence-electron chi connectivity index (χ0n) is 16.3. The molecule has 0 radical (unpaired) electrons. The summed E-state index contributed by atoms with van der Waals surface area (Å²) in [7, 11) is 1.64. The van der Waals surface area contributed by atoms with Crippen molar-refractivity contribution in [3.63, 3.8) is 0 Å². The van der Waals surface area contributed by atoms with Crippen LogP contribution in [0.25, 0.3) is 11.0 Å². The van der Waals surface area contributed by atoms with Crippen molar-refractivity contribution >= 4 is 28.3 Å². The summed E-state index contributed by atoms with van der Waals surface area (Å²) in [4.78, 5) is 19.2. The minimum absolute atomic E-state index is 0.0667. The SMILES string of the molecule is COc1ccc(C(NC(=O)/C=C/c2c(C)nc3sc(C)cn23)C(C)C)cc1. The Bertz CT molecular complexity index is 967. The van der Waals surface area contributed by atoms with Crippen LogP contribution in [0.5, 0.6) is 5.75 Å². The molecule has 0 aliphatic rings. The van der Waals surface area contributed by atoms with Gasteiger partial charge in [-0.1, -0.05) is 26.0 Å². The van der Waals surface area contributed by atoms with Gasteiger partial charge in [-0.3, -0.25) is 9.20 Å². The molecular formula is C21H25N3O2S. The van der Waals surface area contributed by atoms with E-state index in [0.29, 0.717) is 0 Å². The molecule has 142 valence electrons. The molecule has 0 saturated heterocycles. The summed E-state index contributed by atoms with van der Waals surface area (Å²) in [6.07, 6.45) is 5.47. The average Bonchev–Trinajstić information content (AvgIpc) is 3.12. The lowest BCUT2D eigenvalue weighted by Crippen LogP contribution is -2.30. The van der Waals surface area contributed by atoms with Gasteiger partial charge in [0.2, 0.25) is 5.91 Å². The van der Waals surface area contributed by atoms with Gasteiger partial charge < -0.3 is 10.1 Å². The van der Waals surface area contributed by atoms with Crippen molar-refractivity contribution in [1.82, 2.24) is 14.7 Å². The Balaban J connectivity index is 1.77. The van der Waals surface area contributed by atoms with Crippen LogP contribution in [0.4, 0.5) is 0 Å². The second kappa shape index (κ2) is 7.96. The molecule has 1 aromatic carbocycles. The number of fused-ring (bicyclic) bond motifs is 1. The van der Waals surface area contributed by atoms with E-state index in [1.807, 2.05) is 47.9 Å². The number of rotatable bonds is 6. The van der Waals surface area contributed by atoms with E-state index in [0.717, 1.165) is 27.7 Å². The zero-order chi connectivity index (χ0) is 19.6. The van der Waals surface area contributed by atoms with Crippen LogP contribution in [0.1, 0.15) is 41.7 Å². The monoisotopic (exact) mass is 383 g/mol. The summed E-state index contributed by atoms with van der Waals surface area (Å²) in [5, 5.41) is 3.11. The first-order valence-electron chi connectivity index (χ1n) is 8.96. The molecule has 3 aromatic rings. The highest BCUT2D eigenvalue weighted by Crippen LogP contribution is 2.24. The number of imidazole rings is 1. The van der Waals surface area contributed by atoms with Gasteiger partial charge in [-0.2, -0.15) is 0 Å². The first kappa shape index (κ1) is 19.2. The molecule has 2 heterocycles. The number of methoxy groups -OCH3 is 1. The highest BCUT2D eigenvalue weighted by molar-refractivity contribution is 7.17. The van der Waals surface area contributed by atoms with Crippen LogP contribution in [0.3, 0.4) is 0 Å². The maximum atomic E-state index is 12.6. The topological polar surface area (TPSA) is 55.6 Å². The molecule has 6 heteroatoms. The second-order valence-electron chi connectivity index (χ2n) is 6.91. The number of hydrogen-bond donors (Lipinski definition) is 1. The Labute approximate surface area is 163 Å². The molecule has 1 amide bonds. The number of carbonyl (C=O) groups is 1. The van der Waals surface area contributed by atoms with E-state index in [-0.39, 0.29) is 17.9 Å². The lowest BCUT2D eigenvalue weighted by molar-refractivity contribution is -0.117. The second-order valence-corrected chi connectivity index (χ2v) is 8.13. The van der Waals surface area contributed by atoms with E-state index >= 15 is 0 Å². The predicted molar refractivity (Wildman–Crippen MR) is 110 cm³/mol. The van der Waals surface area contributed by atoms with E-state index in [2.05, 4.69) is 31.1 Å². The van der Waals surface area contributed by atoms with E-state index in [4.69, 9.17) is 4.74 Å². The summed E-state index contributed by atoms with van der Waals surface area (Å²) in [6.45, 7) is 8.20. The molecular weight excluding hydrogens is 358 g/mol. The van der Waals surface area contributed by atoms with Gasteiger partial charge in [0.15, 0.2) is 4.96 Å². The average molecular weight is 384 g/mol. The molecule has 27 heavy (non-hydrogen) atoms. The molecule has 1 atom stereocenters. The smallest absolute Gasteiger partial charge is 0.244 e. The van der Waals surface area contributed by atoms with Crippen LogP contribution in [-0.4, -0.2) is 22.4 Å². The van der Waals surface area contributed by atoms with Gasteiger partial charge in [0.25, 0.3) is 0 Å². The van der Waals surface area contributed by atoms with Crippen LogP contribution in [-0.2, 0) is 4.79 Å². The van der Waals surface area contributed by atoms with Crippen LogP contribution in [0.2, 0.25) is 0 Å². The number of amides is 1. The first-order chi connectivity index (χ1) is 12.9. The highest BCUT2D eigenvalue weighted by atomic mass is 32.1. The normalized spacial score (nSPS) is 12.8. The number of carbonyl (C=O) groups excluding carboxylic acids is 1. The third kappa shape index (κ3) is 4.22. The number of aromatic nitrogens is 2. The van der Waals surface area contributed by atoms with Gasteiger partial charge in [-0.25, -0.2) is 4.98 Å². The van der Waals surface area contributed by atoms with Crippen LogP contribution in [0.15, 0.2) is 36.5 Å². The minimum atomic E-state index is -0.120. The number of nitrogens with zero attached hydrogens (tertiary/aromatic N) is 2. The van der Waals surface area contributed by atoms with Gasteiger partial charge in [-0.05, 0) is 43.5 Å². The number of thiazole rings is 1. The molecule has 0 bridgehead atoms. The van der Waals surface area contributed by atoms with Crippen molar-refractivity contribution in [2.24, 2.45) is 5.92 Å². The fourth-order valence-corrected chi connectivity index (χ4v) is 3.96. The van der Waals surface area contributed by atoms with Gasteiger partial charge >= 0.3 is 0 Å². The largest absolute Gasteiger partial charge is 0.497 e. The molecule has 1 unspecified atom stereocenters. The molecule has 0 aliphatic heterocycles. The summed E-state index contributed by atoms with van der Waals surface area (Å²) in [5.74, 6) is 0.947. The van der Waals surface area contributed by atoms with E-state index in [1.54, 1.807) is 24.5 Å². The molecule has 2 aromatic heterocycles. The van der Waals surface area contributed by atoms with Gasteiger partial charge in [0.05, 0.1) is 24.5 Å². The van der Waals surface area contributed by atoms with Gasteiger partial charge in [-0.15, -0.1) is 11.3 Å². The zero-order valence-corrected chi connectivity index (χ0v) is 17.1. The van der Waals surface area contributed by atoms with Gasteiger partial charge in [0, 0.05) is 17.2 Å². The first-order valence-corrected chi connectivity index (χ1v) is 9.78. The van der Waals surface area contributed by atoms with Crippen molar-refractivity contribution in [3.8, 4) is 5.75 Å². The van der Waals surface area contributed by atoms with Crippen molar-refractivity contribution in [1.29, 1.82) is 0 Å². The third-order valence-electron chi connectivity index (χ3n) is 4.49. The number of benzene rings is 1. The molecule has 0 spiro atoms. The maximum absolute atomic E-state index is 12.6. The maximum Gasteiger partial charge on any atom is 0.244 e. The van der Waals surface area contributed by atoms with Crippen molar-refractivity contribution < 1.29 is 9.53 Å². The lowest BCUT2D eigenvalue weighted by Gasteiger charge is -2.22. The van der Waals surface area contributed by atoms with Gasteiger partial charge in [0.1, 0.15) is 5.75 Å². The fraction of sp³-hybridized carbons (Fsp3) is 0.333. The lowest BCUT2D eigenvalue weighted by atomic mass is 9.96. The Morgan fingerprint density at radius 3 is 2.59 bits per heavy atom. The highest BCUT2D eigenvalue weighted by Gasteiger charge is 2.17. The Hall–Kier alpha value is -2.60. The predicted octanol–water partition coefficient (Wildman–Crippen LogP) is 4.55. The van der Waals surface area contributed by atoms with Crippen LogP contribution < -0.4 is 10.1 Å². The standard InChI is InChI=1S/C21H25N3O2S/c1-13(2)20(16-6-8-17(26-5)9-7-16)23-19(25)11-10-18-15(4)22-21-24(18)12-14(3)27-21/h6-13,20H,1-5H3,(H,23,25)/b11-10+. The fourth-order valence-electron chi connectivity index (χ4n) is 3.08. The third-order valence-corrected chi connectivity index (χ3v) is 5.39. The molecule has 0 saturated carbocycles. The van der Waals surface area contributed by atoms with E-state index in [9.17, 15) is 4.79 Å². The Kier molecular flexibility index (Phi) is 5.65. The van der Waals surface area contributed by atoms with Crippen molar-refractivity contribution in [2.75, 3.05) is 7.11 Å². The van der Waals surface area contributed by atoms with E-state index in [1.165, 1.54) is 4.88 Å². The molecule has 1 N–H and O–H groups in total. The molecule has 0 fully saturated rings. The van der Waals surface area contributed by atoms with Crippen LogP contribution >= 0.6 is 11.3 Å². The summed E-state index contributed by atoms with van der Waals surface area (Å²) >= 11 is 1.64. The summed E-state index contributed by atoms with van der Waals surface area (Å²) < 4.78 is 7.24. The molecule has 3 rings (SSSR count). The van der Waals surface area contributed by atoms with Crippen molar-refractivity contribution in [3.05, 3.63) is 58.4 Å². The molecule has 5 nitrogen and oxygen atoms in total. The summed E-state index contributed by atoms with van der Waals surface area (Å²) in [6, 6.07) is 7.75. The number of hydrogen-bond acceptors (Lipinski definition) is 4. The van der Waals surface area contributed by atoms with Crippen molar-refractivity contribution in [2.45, 2.75) is 33.7 Å². The number of nitrogens with one attached hydrogen (secondary N) is 1. The van der Waals surface area contributed by atoms with Crippen LogP contribution in [0, 0.1) is 19.8 Å². The summed E-state index contributed by atoms with van der Waals surface area (Å²) in [5.41, 5.74) is 2.92. The molecule has 0 aliphatic carbocycles. The quantitative estimate of drug-likeness (QED) is 0.636. The number of aryl methyl sites for hydroxylation is 2.